The maximum atomic E-state index is 12.8. The van der Waals surface area contributed by atoms with Gasteiger partial charge in [-0.1, -0.05) is 41.5 Å². The third kappa shape index (κ3) is 3.44. The molecule has 2 aromatic rings. The van der Waals surface area contributed by atoms with E-state index in [1.54, 1.807) is 0 Å². The minimum Gasteiger partial charge on any atom is -0.308 e. The van der Waals surface area contributed by atoms with Crippen molar-refractivity contribution in [2.75, 3.05) is 17.6 Å². The third-order valence-corrected chi connectivity index (χ3v) is 5.71. The molecule has 0 radical (unpaired) electrons. The molecule has 0 saturated carbocycles. The van der Waals surface area contributed by atoms with Crippen LogP contribution in [0.2, 0.25) is 0 Å². The summed E-state index contributed by atoms with van der Waals surface area (Å²) in [4.78, 5) is 14.8. The number of hydrogen-bond acceptors (Lipinski definition) is 2. The Labute approximate surface area is 148 Å². The van der Waals surface area contributed by atoms with E-state index in [4.69, 9.17) is 0 Å². The number of thioether (sulfide) groups is 1. The molecular formula is C20H24N2OS. The summed E-state index contributed by atoms with van der Waals surface area (Å²) in [6.07, 6.45) is 0. The molecule has 1 N–H and O–H groups in total. The number of nitrogens with zero attached hydrogens (tertiary/aromatic N) is 1. The summed E-state index contributed by atoms with van der Waals surface area (Å²) in [6.45, 7) is 9.10. The molecule has 1 aliphatic heterocycles. The van der Waals surface area contributed by atoms with E-state index < -0.39 is 0 Å². The van der Waals surface area contributed by atoms with Crippen molar-refractivity contribution < 1.29 is 4.79 Å². The molecule has 1 saturated heterocycles. The smallest absolute Gasteiger partial charge is 0.308 e. The van der Waals surface area contributed by atoms with Gasteiger partial charge in [0.15, 0.2) is 0 Å². The molecule has 0 aromatic heterocycles. The zero-order valence-electron chi connectivity index (χ0n) is 14.7. The van der Waals surface area contributed by atoms with Crippen LogP contribution in [0.25, 0.3) is 0 Å². The molecule has 3 nitrogen and oxygen atoms in total. The Balaban J connectivity index is 1.81. The quantitative estimate of drug-likeness (QED) is 0.815. The number of aryl methyl sites for hydroxylation is 4. The largest absolute Gasteiger partial charge is 0.323 e. The first-order valence-corrected chi connectivity index (χ1v) is 9.34. The molecule has 2 aromatic carbocycles. The summed E-state index contributed by atoms with van der Waals surface area (Å²) < 4.78 is 0. The van der Waals surface area contributed by atoms with Gasteiger partial charge >= 0.3 is 6.03 Å². The normalized spacial score (nSPS) is 17.2. The number of hydrogen-bond donors (Lipinski definition) is 1. The highest BCUT2D eigenvalue weighted by Gasteiger charge is 2.31. The van der Waals surface area contributed by atoms with Crippen molar-refractivity contribution in [2.24, 2.45) is 0 Å². The average molecular weight is 340 g/mol. The molecular weight excluding hydrogens is 316 g/mol. The van der Waals surface area contributed by atoms with E-state index in [2.05, 4.69) is 50.4 Å². The van der Waals surface area contributed by atoms with E-state index in [1.807, 2.05) is 35.7 Å². The van der Waals surface area contributed by atoms with Gasteiger partial charge in [-0.2, -0.15) is 0 Å². The van der Waals surface area contributed by atoms with Crippen molar-refractivity contribution in [3.63, 3.8) is 0 Å². The van der Waals surface area contributed by atoms with Crippen molar-refractivity contribution in [1.29, 1.82) is 0 Å². The number of carbonyl (C=O) groups is 1. The Morgan fingerprint density at radius 2 is 1.71 bits per heavy atom. The van der Waals surface area contributed by atoms with Crippen LogP contribution in [-0.2, 0) is 0 Å². The lowest BCUT2D eigenvalue weighted by atomic mass is 10.1. The van der Waals surface area contributed by atoms with Gasteiger partial charge in [0.25, 0.3) is 0 Å². The van der Waals surface area contributed by atoms with Gasteiger partial charge in [-0.25, -0.2) is 4.79 Å². The summed E-state index contributed by atoms with van der Waals surface area (Å²) in [5.41, 5.74) is 6.93. The molecule has 0 bridgehead atoms. The van der Waals surface area contributed by atoms with Crippen molar-refractivity contribution >= 4 is 23.5 Å². The van der Waals surface area contributed by atoms with Gasteiger partial charge in [-0.15, -0.1) is 11.8 Å². The molecule has 1 unspecified atom stereocenters. The monoisotopic (exact) mass is 340 g/mol. The minimum absolute atomic E-state index is 0.0167. The maximum Gasteiger partial charge on any atom is 0.323 e. The molecule has 1 heterocycles. The van der Waals surface area contributed by atoms with Gasteiger partial charge in [0.05, 0.1) is 0 Å². The molecule has 126 valence electrons. The summed E-state index contributed by atoms with van der Waals surface area (Å²) in [6, 6.07) is 12.6. The Bertz CT molecular complexity index is 772. The molecule has 4 heteroatoms. The Morgan fingerprint density at radius 3 is 2.38 bits per heavy atom. The van der Waals surface area contributed by atoms with Crippen LogP contribution >= 0.6 is 11.8 Å². The predicted octanol–water partition coefficient (Wildman–Crippen LogP) is 5.20. The predicted molar refractivity (Wildman–Crippen MR) is 103 cm³/mol. The van der Waals surface area contributed by atoms with E-state index in [0.717, 1.165) is 23.5 Å². The van der Waals surface area contributed by atoms with Crippen molar-refractivity contribution in [1.82, 2.24) is 4.90 Å². The number of carbonyl (C=O) groups excluding carboxylic acids is 1. The van der Waals surface area contributed by atoms with Crippen LogP contribution in [0.5, 0.6) is 0 Å². The first kappa shape index (κ1) is 16.9. The first-order valence-electron chi connectivity index (χ1n) is 8.29. The van der Waals surface area contributed by atoms with Crippen molar-refractivity contribution in [2.45, 2.75) is 33.1 Å². The lowest BCUT2D eigenvalue weighted by molar-refractivity contribution is 0.214. The van der Waals surface area contributed by atoms with Crippen LogP contribution in [0.1, 0.15) is 33.2 Å². The Kier molecular flexibility index (Phi) is 4.86. The van der Waals surface area contributed by atoms with Gasteiger partial charge < -0.3 is 10.2 Å². The van der Waals surface area contributed by atoms with E-state index in [9.17, 15) is 4.79 Å². The average Bonchev–Trinajstić information content (AvgIpc) is 2.99. The number of benzene rings is 2. The van der Waals surface area contributed by atoms with Gasteiger partial charge in [-0.05, 0) is 50.5 Å². The van der Waals surface area contributed by atoms with Crippen LogP contribution in [0.15, 0.2) is 36.4 Å². The topological polar surface area (TPSA) is 32.3 Å². The highest BCUT2D eigenvalue weighted by atomic mass is 32.2. The number of rotatable bonds is 2. The SMILES string of the molecule is Cc1ccc(NC(=O)N2CCSC2c2ccc(C)cc2C)c(C)c1. The second kappa shape index (κ2) is 6.89. The fourth-order valence-electron chi connectivity index (χ4n) is 3.18. The molecule has 0 spiro atoms. The van der Waals surface area contributed by atoms with Gasteiger partial charge in [0.1, 0.15) is 5.37 Å². The van der Waals surface area contributed by atoms with Crippen LogP contribution < -0.4 is 5.32 Å². The van der Waals surface area contributed by atoms with Crippen LogP contribution in [0.3, 0.4) is 0 Å². The van der Waals surface area contributed by atoms with Crippen LogP contribution in [0.4, 0.5) is 10.5 Å². The summed E-state index contributed by atoms with van der Waals surface area (Å²) in [7, 11) is 0. The highest BCUT2D eigenvalue weighted by molar-refractivity contribution is 7.99. The minimum atomic E-state index is -0.0167. The van der Waals surface area contributed by atoms with Gasteiger partial charge in [-0.3, -0.25) is 0 Å². The molecule has 24 heavy (non-hydrogen) atoms. The fourth-order valence-corrected chi connectivity index (χ4v) is 4.53. The molecule has 2 amide bonds. The zero-order chi connectivity index (χ0) is 17.3. The molecule has 3 rings (SSSR count). The van der Waals surface area contributed by atoms with Crippen molar-refractivity contribution in [3.8, 4) is 0 Å². The van der Waals surface area contributed by atoms with E-state index in [0.29, 0.717) is 0 Å². The lowest BCUT2D eigenvalue weighted by Gasteiger charge is -2.26. The fraction of sp³-hybridized carbons (Fsp3) is 0.350. The number of amides is 2. The standard InChI is InChI=1S/C20H24N2OS/c1-13-5-7-17(15(3)11-13)19-22(9-10-24-19)20(23)21-18-8-6-14(2)12-16(18)4/h5-8,11-12,19H,9-10H2,1-4H3,(H,21,23). The Morgan fingerprint density at radius 1 is 1.04 bits per heavy atom. The van der Waals surface area contributed by atoms with Gasteiger partial charge in [0, 0.05) is 18.0 Å². The maximum absolute atomic E-state index is 12.8. The molecule has 1 fully saturated rings. The van der Waals surface area contributed by atoms with Crippen molar-refractivity contribution in [3.05, 3.63) is 64.2 Å². The summed E-state index contributed by atoms with van der Waals surface area (Å²) >= 11 is 1.83. The second-order valence-corrected chi connectivity index (χ2v) is 7.71. The summed E-state index contributed by atoms with van der Waals surface area (Å²) in [5, 5.41) is 3.18. The Hall–Kier alpha value is -1.94. The highest BCUT2D eigenvalue weighted by Crippen LogP contribution is 2.39. The van der Waals surface area contributed by atoms with Gasteiger partial charge in [0.2, 0.25) is 0 Å². The summed E-state index contributed by atoms with van der Waals surface area (Å²) in [5.74, 6) is 0.971. The van der Waals surface area contributed by atoms with E-state index in [1.165, 1.54) is 22.3 Å². The van der Waals surface area contributed by atoms with Crippen LogP contribution in [-0.4, -0.2) is 23.2 Å². The van der Waals surface area contributed by atoms with Crippen LogP contribution in [0, 0.1) is 27.7 Å². The van der Waals surface area contributed by atoms with E-state index >= 15 is 0 Å². The number of anilines is 1. The third-order valence-electron chi connectivity index (χ3n) is 4.47. The van der Waals surface area contributed by atoms with E-state index in [-0.39, 0.29) is 11.4 Å². The number of nitrogens with one attached hydrogen (secondary N) is 1. The molecule has 1 aliphatic rings. The molecule has 1 atom stereocenters. The first-order chi connectivity index (χ1) is 11.5. The number of urea groups is 1. The zero-order valence-corrected chi connectivity index (χ0v) is 15.5. The second-order valence-electron chi connectivity index (χ2n) is 6.53. The lowest BCUT2D eigenvalue weighted by Crippen LogP contribution is -2.34. The molecule has 0 aliphatic carbocycles.